The van der Waals surface area contributed by atoms with Crippen molar-refractivity contribution >= 4 is 27.7 Å². The van der Waals surface area contributed by atoms with Gasteiger partial charge in [0.15, 0.2) is 0 Å². The van der Waals surface area contributed by atoms with Crippen molar-refractivity contribution in [3.8, 4) is 22.9 Å². The smallest absolute Gasteiger partial charge is 0.227 e. The fourth-order valence-electron chi connectivity index (χ4n) is 5.51. The fourth-order valence-corrected chi connectivity index (χ4v) is 5.51. The highest BCUT2D eigenvalue weighted by Crippen LogP contribution is 2.33. The normalized spacial score (nSPS) is 16.2. The summed E-state index contributed by atoms with van der Waals surface area (Å²) in [7, 11) is 5.35. The van der Waals surface area contributed by atoms with Crippen LogP contribution in [0.4, 0.5) is 0 Å². The minimum atomic E-state index is -0.204. The number of methoxy groups -OCH3 is 2. The van der Waals surface area contributed by atoms with Crippen molar-refractivity contribution < 1.29 is 14.3 Å². The van der Waals surface area contributed by atoms with E-state index in [0.717, 1.165) is 62.4 Å². The second-order valence-corrected chi connectivity index (χ2v) is 10.1. The number of aromatic nitrogens is 4. The number of hydrogen-bond acceptors (Lipinski definition) is 6. The summed E-state index contributed by atoms with van der Waals surface area (Å²) >= 11 is 0. The molecule has 0 radical (unpaired) electrons. The molecular weight excluding hydrogens is 492 g/mol. The highest BCUT2D eigenvalue weighted by Gasteiger charge is 2.33. The average molecular weight is 525 g/mol. The second kappa shape index (κ2) is 10.1. The zero-order valence-electron chi connectivity index (χ0n) is 22.6. The van der Waals surface area contributed by atoms with Gasteiger partial charge in [-0.25, -0.2) is 9.97 Å². The molecule has 0 aliphatic carbocycles. The maximum Gasteiger partial charge on any atom is 0.227 e. The molecular formula is C30H32N6O3. The number of aromatic amines is 2. The third-order valence-corrected chi connectivity index (χ3v) is 7.64. The van der Waals surface area contributed by atoms with Gasteiger partial charge in [0.1, 0.15) is 17.6 Å². The number of ether oxygens (including phenoxy) is 2. The number of imidazole rings is 1. The van der Waals surface area contributed by atoms with Crippen molar-refractivity contribution in [3.63, 3.8) is 0 Å². The van der Waals surface area contributed by atoms with Crippen molar-refractivity contribution in [2.75, 3.05) is 40.9 Å². The molecule has 9 heteroatoms. The van der Waals surface area contributed by atoms with Crippen molar-refractivity contribution in [2.45, 2.75) is 19.4 Å². The Labute approximate surface area is 226 Å². The van der Waals surface area contributed by atoms with E-state index >= 15 is 0 Å². The number of carbonyl (C=O) groups is 1. The summed E-state index contributed by atoms with van der Waals surface area (Å²) in [5.74, 6) is 2.12. The number of likely N-dealkylation sites (N-methyl/N-ethyl adjacent to an activating group) is 1. The fraction of sp³-hybridized carbons (Fsp3) is 0.300. The van der Waals surface area contributed by atoms with Gasteiger partial charge in [0.05, 0.1) is 43.6 Å². The molecule has 5 aromatic rings. The first-order valence-electron chi connectivity index (χ1n) is 13.1. The Morgan fingerprint density at radius 1 is 1.08 bits per heavy atom. The Morgan fingerprint density at radius 3 is 2.74 bits per heavy atom. The summed E-state index contributed by atoms with van der Waals surface area (Å²) in [6, 6.07) is 15.7. The third-order valence-electron chi connectivity index (χ3n) is 7.64. The molecule has 1 atom stereocenters. The number of fused-ring (bicyclic) bond motifs is 2. The molecule has 1 fully saturated rings. The van der Waals surface area contributed by atoms with E-state index in [0.29, 0.717) is 25.4 Å². The highest BCUT2D eigenvalue weighted by molar-refractivity contribution is 5.91. The van der Waals surface area contributed by atoms with Gasteiger partial charge in [0.25, 0.3) is 0 Å². The predicted octanol–water partition coefficient (Wildman–Crippen LogP) is 4.49. The van der Waals surface area contributed by atoms with Gasteiger partial charge < -0.3 is 29.2 Å². The SMILES string of the molecule is COc1ccc2[nH]c(C)c(CC(=O)N3CCN(C)CC3c3ncc(-c4cc5ccccc5nc4OC)[nH]3)c2c1. The molecule has 9 nitrogen and oxygen atoms in total. The molecule has 1 aliphatic rings. The average Bonchev–Trinajstić information content (AvgIpc) is 3.56. The topological polar surface area (TPSA) is 99.4 Å². The summed E-state index contributed by atoms with van der Waals surface area (Å²) in [5, 5.41) is 2.03. The van der Waals surface area contributed by atoms with Crippen LogP contribution in [0.5, 0.6) is 11.6 Å². The molecule has 4 heterocycles. The first-order chi connectivity index (χ1) is 18.9. The molecule has 0 saturated carbocycles. The number of hydrogen-bond donors (Lipinski definition) is 2. The third kappa shape index (κ3) is 4.59. The predicted molar refractivity (Wildman–Crippen MR) is 151 cm³/mol. The molecule has 0 spiro atoms. The zero-order valence-corrected chi connectivity index (χ0v) is 22.6. The van der Waals surface area contributed by atoms with Crippen LogP contribution >= 0.6 is 0 Å². The number of pyridine rings is 1. The van der Waals surface area contributed by atoms with Gasteiger partial charge in [-0.15, -0.1) is 0 Å². The summed E-state index contributed by atoms with van der Waals surface area (Å²) in [6.07, 6.45) is 2.10. The Hall–Kier alpha value is -4.37. The van der Waals surface area contributed by atoms with Gasteiger partial charge in [-0.2, -0.15) is 0 Å². The standard InChI is InChI=1S/C30H32N6O3/c1-18-21(22-14-20(38-3)9-10-25(22)32-18)15-28(37)36-12-11-35(2)17-27(36)29-31-16-26(33-29)23-13-19-7-5-6-8-24(19)34-30(23)39-4/h5-10,13-14,16,27,32H,11-12,15,17H2,1-4H3,(H,31,33). The largest absolute Gasteiger partial charge is 0.497 e. The number of H-pyrrole nitrogens is 2. The zero-order chi connectivity index (χ0) is 27.1. The minimum Gasteiger partial charge on any atom is -0.497 e. The number of carbonyl (C=O) groups excluding carboxylic acids is 1. The number of amides is 1. The lowest BCUT2D eigenvalue weighted by atomic mass is 10.0. The second-order valence-electron chi connectivity index (χ2n) is 10.1. The van der Waals surface area contributed by atoms with E-state index < -0.39 is 0 Å². The van der Waals surface area contributed by atoms with Crippen molar-refractivity contribution in [3.05, 3.63) is 71.8 Å². The van der Waals surface area contributed by atoms with Crippen molar-refractivity contribution in [1.29, 1.82) is 0 Å². The molecule has 1 amide bonds. The molecule has 2 aromatic carbocycles. The Balaban J connectivity index is 1.31. The molecule has 1 aliphatic heterocycles. The Morgan fingerprint density at radius 2 is 1.92 bits per heavy atom. The Kier molecular flexibility index (Phi) is 6.44. The van der Waals surface area contributed by atoms with Gasteiger partial charge in [0, 0.05) is 41.6 Å². The van der Waals surface area contributed by atoms with Gasteiger partial charge >= 0.3 is 0 Å². The lowest BCUT2D eigenvalue weighted by molar-refractivity contribution is -0.135. The van der Waals surface area contributed by atoms with Crippen LogP contribution in [-0.4, -0.2) is 76.5 Å². The van der Waals surface area contributed by atoms with Gasteiger partial charge in [0.2, 0.25) is 11.8 Å². The van der Waals surface area contributed by atoms with E-state index in [4.69, 9.17) is 14.5 Å². The first-order valence-corrected chi connectivity index (χ1v) is 13.1. The van der Waals surface area contributed by atoms with Gasteiger partial charge in [-0.3, -0.25) is 4.79 Å². The van der Waals surface area contributed by atoms with E-state index in [-0.39, 0.29) is 11.9 Å². The van der Waals surface area contributed by atoms with Gasteiger partial charge in [-0.1, -0.05) is 18.2 Å². The summed E-state index contributed by atoms with van der Waals surface area (Å²) in [4.78, 5) is 34.3. The van der Waals surface area contributed by atoms with E-state index in [1.165, 1.54) is 0 Å². The number of nitrogens with zero attached hydrogens (tertiary/aromatic N) is 4. The van der Waals surface area contributed by atoms with Crippen LogP contribution in [0.1, 0.15) is 23.1 Å². The van der Waals surface area contributed by atoms with Crippen LogP contribution in [0.3, 0.4) is 0 Å². The number of benzene rings is 2. The lowest BCUT2D eigenvalue weighted by Crippen LogP contribution is -2.50. The molecule has 0 bridgehead atoms. The van der Waals surface area contributed by atoms with Crippen LogP contribution in [0.15, 0.2) is 54.7 Å². The highest BCUT2D eigenvalue weighted by atomic mass is 16.5. The maximum atomic E-state index is 13.8. The molecule has 39 heavy (non-hydrogen) atoms. The summed E-state index contributed by atoms with van der Waals surface area (Å²) in [5.41, 5.74) is 5.50. The first kappa shape index (κ1) is 24.9. The molecule has 2 N–H and O–H groups in total. The number of aryl methyl sites for hydroxylation is 1. The van der Waals surface area contributed by atoms with Gasteiger partial charge in [-0.05, 0) is 49.9 Å². The summed E-state index contributed by atoms with van der Waals surface area (Å²) < 4.78 is 11.0. The molecule has 1 unspecified atom stereocenters. The van der Waals surface area contributed by atoms with E-state index in [9.17, 15) is 4.79 Å². The van der Waals surface area contributed by atoms with Crippen molar-refractivity contribution in [1.82, 2.24) is 29.7 Å². The minimum absolute atomic E-state index is 0.0721. The monoisotopic (exact) mass is 524 g/mol. The number of piperazine rings is 1. The molecule has 6 rings (SSSR count). The van der Waals surface area contributed by atoms with Crippen LogP contribution in [-0.2, 0) is 11.2 Å². The Bertz CT molecular complexity index is 1670. The lowest BCUT2D eigenvalue weighted by Gasteiger charge is -2.39. The number of rotatable bonds is 6. The van der Waals surface area contributed by atoms with E-state index in [1.807, 2.05) is 54.3 Å². The quantitative estimate of drug-likeness (QED) is 0.340. The maximum absolute atomic E-state index is 13.8. The van der Waals surface area contributed by atoms with E-state index in [1.54, 1.807) is 20.4 Å². The number of para-hydroxylation sites is 1. The van der Waals surface area contributed by atoms with E-state index in [2.05, 4.69) is 33.0 Å². The van der Waals surface area contributed by atoms with Crippen molar-refractivity contribution in [2.24, 2.45) is 0 Å². The van der Waals surface area contributed by atoms with Crippen LogP contribution < -0.4 is 9.47 Å². The van der Waals surface area contributed by atoms with Crippen LogP contribution in [0.2, 0.25) is 0 Å². The number of nitrogens with one attached hydrogen (secondary N) is 2. The van der Waals surface area contributed by atoms with Crippen LogP contribution in [0.25, 0.3) is 33.1 Å². The molecule has 1 saturated heterocycles. The molecule has 200 valence electrons. The molecule has 3 aromatic heterocycles. The van der Waals surface area contributed by atoms with Crippen LogP contribution in [0, 0.1) is 6.92 Å². The summed E-state index contributed by atoms with van der Waals surface area (Å²) in [6.45, 7) is 4.13.